The third-order valence-electron chi connectivity index (χ3n) is 2.60. The van der Waals surface area contributed by atoms with Gasteiger partial charge in [-0.05, 0) is 13.0 Å². The maximum Gasteiger partial charge on any atom is 0.240 e. The second kappa shape index (κ2) is 5.54. The summed E-state index contributed by atoms with van der Waals surface area (Å²) in [5, 5.41) is 1.07. The summed E-state index contributed by atoms with van der Waals surface area (Å²) in [5.74, 6) is 6.62. The molecule has 0 aliphatic carbocycles. The predicted octanol–water partition coefficient (Wildman–Crippen LogP) is 0.887. The number of carbonyl (C=O) groups excluding carboxylic acids is 1. The Balaban J connectivity index is 3.08. The lowest BCUT2D eigenvalue weighted by molar-refractivity contribution is -0.129. The van der Waals surface area contributed by atoms with Gasteiger partial charge in [-0.15, -0.1) is 0 Å². The average molecular weight is 238 g/mol. The second-order valence-corrected chi connectivity index (χ2v) is 3.77. The van der Waals surface area contributed by atoms with Crippen LogP contribution in [-0.2, 0) is 11.2 Å². The standard InChI is InChI=1S/C12H18N2O3/c1-8-10(16-3)6-5-9(12(8)17-4)7-11(15)14(2)13/h5-6H,7,13H2,1-4H3. The maximum atomic E-state index is 11.6. The smallest absolute Gasteiger partial charge is 0.240 e. The highest BCUT2D eigenvalue weighted by Gasteiger charge is 2.15. The Labute approximate surface area is 101 Å². The van der Waals surface area contributed by atoms with Crippen molar-refractivity contribution >= 4 is 5.91 Å². The van der Waals surface area contributed by atoms with Crippen LogP contribution in [0.5, 0.6) is 11.5 Å². The van der Waals surface area contributed by atoms with Gasteiger partial charge >= 0.3 is 0 Å². The zero-order chi connectivity index (χ0) is 13.0. The number of rotatable bonds is 4. The van der Waals surface area contributed by atoms with E-state index in [0.717, 1.165) is 21.9 Å². The summed E-state index contributed by atoms with van der Waals surface area (Å²) in [4.78, 5) is 11.6. The summed E-state index contributed by atoms with van der Waals surface area (Å²) < 4.78 is 10.5. The molecule has 0 saturated carbocycles. The average Bonchev–Trinajstić information content (AvgIpc) is 2.29. The van der Waals surface area contributed by atoms with Crippen LogP contribution in [0.4, 0.5) is 0 Å². The van der Waals surface area contributed by atoms with Crippen molar-refractivity contribution in [1.29, 1.82) is 0 Å². The van der Waals surface area contributed by atoms with Crippen LogP contribution < -0.4 is 15.3 Å². The van der Waals surface area contributed by atoms with Gasteiger partial charge in [-0.25, -0.2) is 5.84 Å². The molecule has 0 spiro atoms. The molecule has 0 fully saturated rings. The van der Waals surface area contributed by atoms with Crippen LogP contribution in [0.3, 0.4) is 0 Å². The zero-order valence-electron chi connectivity index (χ0n) is 10.6. The summed E-state index contributed by atoms with van der Waals surface area (Å²) >= 11 is 0. The highest BCUT2D eigenvalue weighted by molar-refractivity contribution is 5.79. The summed E-state index contributed by atoms with van der Waals surface area (Å²) in [6.07, 6.45) is 0.209. The number of hydrazine groups is 1. The first-order valence-corrected chi connectivity index (χ1v) is 5.23. The predicted molar refractivity (Wildman–Crippen MR) is 64.9 cm³/mol. The van der Waals surface area contributed by atoms with E-state index in [-0.39, 0.29) is 12.3 Å². The number of benzene rings is 1. The molecule has 1 amide bonds. The third kappa shape index (κ3) is 2.88. The van der Waals surface area contributed by atoms with E-state index >= 15 is 0 Å². The molecule has 5 nitrogen and oxygen atoms in total. The molecule has 0 radical (unpaired) electrons. The van der Waals surface area contributed by atoms with Crippen molar-refractivity contribution in [2.75, 3.05) is 21.3 Å². The van der Waals surface area contributed by atoms with Crippen LogP contribution in [0.1, 0.15) is 11.1 Å². The Morgan fingerprint density at radius 1 is 1.35 bits per heavy atom. The van der Waals surface area contributed by atoms with Crippen molar-refractivity contribution in [1.82, 2.24) is 5.01 Å². The lowest BCUT2D eigenvalue weighted by atomic mass is 10.1. The molecule has 0 aliphatic rings. The van der Waals surface area contributed by atoms with E-state index in [1.807, 2.05) is 19.1 Å². The minimum Gasteiger partial charge on any atom is -0.496 e. The Morgan fingerprint density at radius 2 is 2.00 bits per heavy atom. The van der Waals surface area contributed by atoms with E-state index in [1.54, 1.807) is 14.2 Å². The normalized spacial score (nSPS) is 9.94. The fraction of sp³-hybridized carbons (Fsp3) is 0.417. The Kier molecular flexibility index (Phi) is 4.34. The van der Waals surface area contributed by atoms with Crippen LogP contribution in [-0.4, -0.2) is 32.2 Å². The van der Waals surface area contributed by atoms with Crippen molar-refractivity contribution in [2.45, 2.75) is 13.3 Å². The fourth-order valence-electron chi connectivity index (χ4n) is 1.66. The maximum absolute atomic E-state index is 11.6. The van der Waals surface area contributed by atoms with Gasteiger partial charge in [-0.3, -0.25) is 9.80 Å². The number of hydrogen-bond donors (Lipinski definition) is 1. The fourth-order valence-corrected chi connectivity index (χ4v) is 1.66. The van der Waals surface area contributed by atoms with Crippen LogP contribution in [0.15, 0.2) is 12.1 Å². The number of nitrogens with two attached hydrogens (primary N) is 1. The number of likely N-dealkylation sites (N-methyl/N-ethyl adjacent to an activating group) is 1. The van der Waals surface area contributed by atoms with Crippen molar-refractivity contribution in [3.63, 3.8) is 0 Å². The molecule has 0 heterocycles. The minimum atomic E-state index is -0.173. The number of ether oxygens (including phenoxy) is 2. The topological polar surface area (TPSA) is 64.8 Å². The molecule has 17 heavy (non-hydrogen) atoms. The van der Waals surface area contributed by atoms with E-state index in [9.17, 15) is 4.79 Å². The minimum absolute atomic E-state index is 0.173. The monoisotopic (exact) mass is 238 g/mol. The van der Waals surface area contributed by atoms with Gasteiger partial charge in [0.1, 0.15) is 11.5 Å². The number of hydrogen-bond acceptors (Lipinski definition) is 4. The zero-order valence-corrected chi connectivity index (χ0v) is 10.6. The Hall–Kier alpha value is -1.75. The van der Waals surface area contributed by atoms with Crippen LogP contribution in [0, 0.1) is 6.92 Å². The van der Waals surface area contributed by atoms with E-state index in [4.69, 9.17) is 15.3 Å². The van der Waals surface area contributed by atoms with Crippen molar-refractivity contribution in [3.8, 4) is 11.5 Å². The van der Waals surface area contributed by atoms with Crippen LogP contribution in [0.25, 0.3) is 0 Å². The highest BCUT2D eigenvalue weighted by atomic mass is 16.5. The van der Waals surface area contributed by atoms with Crippen molar-refractivity contribution in [3.05, 3.63) is 23.3 Å². The van der Waals surface area contributed by atoms with Gasteiger partial charge < -0.3 is 9.47 Å². The summed E-state index contributed by atoms with van der Waals surface area (Å²) in [7, 11) is 4.69. The first-order chi connectivity index (χ1) is 8.01. The largest absolute Gasteiger partial charge is 0.496 e. The van der Waals surface area contributed by atoms with Crippen LogP contribution in [0.2, 0.25) is 0 Å². The first kappa shape index (κ1) is 13.3. The van der Waals surface area contributed by atoms with Gasteiger partial charge in [0.25, 0.3) is 0 Å². The van der Waals surface area contributed by atoms with Gasteiger partial charge in [0, 0.05) is 18.2 Å². The Bertz CT molecular complexity index is 416. The number of carbonyl (C=O) groups is 1. The molecule has 94 valence electrons. The highest BCUT2D eigenvalue weighted by Crippen LogP contribution is 2.31. The van der Waals surface area contributed by atoms with Gasteiger partial charge in [0.05, 0.1) is 20.6 Å². The molecule has 0 bridgehead atoms. The number of amides is 1. The molecular weight excluding hydrogens is 220 g/mol. The number of methoxy groups -OCH3 is 2. The van der Waals surface area contributed by atoms with Crippen molar-refractivity contribution < 1.29 is 14.3 Å². The van der Waals surface area contributed by atoms with Gasteiger partial charge in [-0.1, -0.05) is 6.07 Å². The van der Waals surface area contributed by atoms with Gasteiger partial charge in [-0.2, -0.15) is 0 Å². The first-order valence-electron chi connectivity index (χ1n) is 5.23. The van der Waals surface area contributed by atoms with Gasteiger partial charge in [0.2, 0.25) is 5.91 Å². The lowest BCUT2D eigenvalue weighted by Crippen LogP contribution is -2.34. The van der Waals surface area contributed by atoms with E-state index in [0.29, 0.717) is 5.75 Å². The molecule has 1 rings (SSSR count). The molecule has 0 atom stereocenters. The summed E-state index contributed by atoms with van der Waals surface area (Å²) in [5.41, 5.74) is 1.67. The molecule has 0 aliphatic heterocycles. The SMILES string of the molecule is COc1ccc(CC(=O)N(C)N)c(OC)c1C. The van der Waals surface area contributed by atoms with E-state index < -0.39 is 0 Å². The number of nitrogens with zero attached hydrogens (tertiary/aromatic N) is 1. The molecular formula is C12H18N2O3. The van der Waals surface area contributed by atoms with E-state index in [2.05, 4.69) is 0 Å². The quantitative estimate of drug-likeness (QED) is 0.480. The molecule has 0 aromatic heterocycles. The summed E-state index contributed by atoms with van der Waals surface area (Å²) in [6, 6.07) is 3.63. The third-order valence-corrected chi connectivity index (χ3v) is 2.60. The molecule has 2 N–H and O–H groups in total. The molecule has 5 heteroatoms. The van der Waals surface area contributed by atoms with Crippen LogP contribution >= 0.6 is 0 Å². The van der Waals surface area contributed by atoms with Gasteiger partial charge in [0.15, 0.2) is 0 Å². The molecule has 0 unspecified atom stereocenters. The molecule has 1 aromatic carbocycles. The Morgan fingerprint density at radius 3 is 2.47 bits per heavy atom. The lowest BCUT2D eigenvalue weighted by Gasteiger charge is -2.15. The second-order valence-electron chi connectivity index (χ2n) is 3.77. The summed E-state index contributed by atoms with van der Waals surface area (Å²) in [6.45, 7) is 1.89. The molecule has 0 saturated heterocycles. The van der Waals surface area contributed by atoms with Crippen molar-refractivity contribution in [2.24, 2.45) is 5.84 Å². The molecule has 1 aromatic rings. The van der Waals surface area contributed by atoms with E-state index in [1.165, 1.54) is 7.05 Å².